The number of aryl methyl sites for hydroxylation is 1. The molecule has 0 saturated carbocycles. The van der Waals surface area contributed by atoms with Crippen LogP contribution < -0.4 is 10.6 Å². The Morgan fingerprint density at radius 1 is 1.41 bits per heavy atom. The van der Waals surface area contributed by atoms with Gasteiger partial charge in [0.25, 0.3) is 0 Å². The lowest BCUT2D eigenvalue weighted by atomic mass is 9.98. The fourth-order valence-electron chi connectivity index (χ4n) is 2.63. The van der Waals surface area contributed by atoms with Crippen molar-refractivity contribution in [2.45, 2.75) is 39.5 Å². The molecule has 1 unspecified atom stereocenters. The van der Waals surface area contributed by atoms with Crippen LogP contribution in [0.15, 0.2) is 12.3 Å². The van der Waals surface area contributed by atoms with Gasteiger partial charge in [0.2, 0.25) is 0 Å². The Balaban J connectivity index is 2.11. The Morgan fingerprint density at radius 2 is 2.24 bits per heavy atom. The maximum Gasteiger partial charge on any atom is 0.151 e. The van der Waals surface area contributed by atoms with Gasteiger partial charge in [0.1, 0.15) is 0 Å². The third-order valence-electron chi connectivity index (χ3n) is 3.76. The lowest BCUT2D eigenvalue weighted by molar-refractivity contribution is 0.459. The number of aromatic nitrogens is 1. The summed E-state index contributed by atoms with van der Waals surface area (Å²) in [5.74, 6) is 1.86. The van der Waals surface area contributed by atoms with Gasteiger partial charge in [-0.25, -0.2) is 4.98 Å². The van der Waals surface area contributed by atoms with E-state index in [9.17, 15) is 0 Å². The highest BCUT2D eigenvalue weighted by Crippen LogP contribution is 2.26. The molecule has 1 atom stereocenters. The predicted octanol–water partition coefficient (Wildman–Crippen LogP) is 2.99. The van der Waals surface area contributed by atoms with E-state index in [0.29, 0.717) is 0 Å². The number of hydrogen-bond donors (Lipinski definition) is 1. The second-order valence-corrected chi connectivity index (χ2v) is 5.12. The van der Waals surface area contributed by atoms with Gasteiger partial charge in [-0.15, -0.1) is 0 Å². The third-order valence-corrected chi connectivity index (χ3v) is 3.76. The molecule has 3 nitrogen and oxygen atoms in total. The van der Waals surface area contributed by atoms with Crippen LogP contribution >= 0.6 is 0 Å². The Hall–Kier alpha value is -1.25. The van der Waals surface area contributed by atoms with Crippen molar-refractivity contribution in [3.63, 3.8) is 0 Å². The van der Waals surface area contributed by atoms with Crippen molar-refractivity contribution in [2.24, 2.45) is 5.92 Å². The monoisotopic (exact) mass is 233 g/mol. The van der Waals surface area contributed by atoms with Gasteiger partial charge in [-0.1, -0.05) is 13.3 Å². The van der Waals surface area contributed by atoms with E-state index in [0.717, 1.165) is 36.1 Å². The largest absolute Gasteiger partial charge is 0.396 e. The van der Waals surface area contributed by atoms with Crippen molar-refractivity contribution >= 4 is 11.5 Å². The average molecular weight is 233 g/mol. The minimum absolute atomic E-state index is 0.819. The topological polar surface area (TPSA) is 42.2 Å². The van der Waals surface area contributed by atoms with Gasteiger partial charge in [-0.3, -0.25) is 0 Å². The second-order valence-electron chi connectivity index (χ2n) is 5.12. The number of pyridine rings is 1. The first-order valence-electron chi connectivity index (χ1n) is 6.67. The van der Waals surface area contributed by atoms with E-state index in [-0.39, 0.29) is 0 Å². The van der Waals surface area contributed by atoms with E-state index in [4.69, 9.17) is 5.73 Å². The molecule has 0 aliphatic carbocycles. The maximum absolute atomic E-state index is 6.07. The first kappa shape index (κ1) is 12.2. The summed E-state index contributed by atoms with van der Waals surface area (Å²) >= 11 is 0. The van der Waals surface area contributed by atoms with Crippen molar-refractivity contribution in [3.05, 3.63) is 17.8 Å². The highest BCUT2D eigenvalue weighted by molar-refractivity contribution is 5.63. The lowest BCUT2D eigenvalue weighted by Gasteiger charge is -2.23. The van der Waals surface area contributed by atoms with Gasteiger partial charge < -0.3 is 10.6 Å². The van der Waals surface area contributed by atoms with Crippen LogP contribution in [0.2, 0.25) is 0 Å². The number of anilines is 2. The molecule has 1 aromatic rings. The first-order chi connectivity index (χ1) is 8.20. The van der Waals surface area contributed by atoms with E-state index in [2.05, 4.69) is 16.8 Å². The molecule has 2 N–H and O–H groups in total. The zero-order valence-corrected chi connectivity index (χ0v) is 10.9. The van der Waals surface area contributed by atoms with Crippen molar-refractivity contribution in [3.8, 4) is 0 Å². The Kier molecular flexibility index (Phi) is 3.87. The SMILES string of the molecule is CCC1CCCN(c2ncc(C)cc2N)CC1. The van der Waals surface area contributed by atoms with Gasteiger partial charge in [0.15, 0.2) is 5.82 Å². The van der Waals surface area contributed by atoms with Gasteiger partial charge in [-0.05, 0) is 43.7 Å². The standard InChI is InChI=1S/C14H23N3/c1-3-12-5-4-7-17(8-6-12)14-13(15)9-11(2)10-16-14/h9-10,12H,3-8,15H2,1-2H3. The molecule has 0 radical (unpaired) electrons. The summed E-state index contributed by atoms with van der Waals surface area (Å²) in [6, 6.07) is 2.02. The molecule has 3 heteroatoms. The average Bonchev–Trinajstić information content (AvgIpc) is 2.54. The van der Waals surface area contributed by atoms with Crippen molar-refractivity contribution in [2.75, 3.05) is 23.7 Å². The summed E-state index contributed by atoms with van der Waals surface area (Å²) in [6.07, 6.45) is 7.08. The van der Waals surface area contributed by atoms with Crippen LogP contribution in [0.5, 0.6) is 0 Å². The molecule has 1 fully saturated rings. The van der Waals surface area contributed by atoms with Crippen LogP contribution in [0.1, 0.15) is 38.2 Å². The molecule has 1 aliphatic heterocycles. The molecule has 0 spiro atoms. The molecule has 1 aromatic heterocycles. The van der Waals surface area contributed by atoms with E-state index >= 15 is 0 Å². The van der Waals surface area contributed by atoms with Gasteiger partial charge in [-0.2, -0.15) is 0 Å². The van der Waals surface area contributed by atoms with E-state index in [1.807, 2.05) is 19.2 Å². The second kappa shape index (κ2) is 5.39. The lowest BCUT2D eigenvalue weighted by Crippen LogP contribution is -2.26. The molecule has 0 amide bonds. The fraction of sp³-hybridized carbons (Fsp3) is 0.643. The van der Waals surface area contributed by atoms with Crippen molar-refractivity contribution in [1.82, 2.24) is 4.98 Å². The summed E-state index contributed by atoms with van der Waals surface area (Å²) in [5.41, 5.74) is 8.02. The number of nitrogens with zero attached hydrogens (tertiary/aromatic N) is 2. The van der Waals surface area contributed by atoms with Crippen LogP contribution in [-0.4, -0.2) is 18.1 Å². The number of rotatable bonds is 2. The van der Waals surface area contributed by atoms with Crippen LogP contribution in [0.25, 0.3) is 0 Å². The number of nitrogen functional groups attached to an aromatic ring is 1. The molecular weight excluding hydrogens is 210 g/mol. The summed E-state index contributed by atoms with van der Waals surface area (Å²) in [4.78, 5) is 6.85. The summed E-state index contributed by atoms with van der Waals surface area (Å²) < 4.78 is 0. The summed E-state index contributed by atoms with van der Waals surface area (Å²) in [5, 5.41) is 0. The van der Waals surface area contributed by atoms with E-state index in [1.165, 1.54) is 25.7 Å². The Labute approximate surface area is 104 Å². The van der Waals surface area contributed by atoms with Gasteiger partial charge >= 0.3 is 0 Å². The molecule has 17 heavy (non-hydrogen) atoms. The maximum atomic E-state index is 6.07. The predicted molar refractivity (Wildman–Crippen MR) is 73.2 cm³/mol. The normalized spacial score (nSPS) is 21.3. The highest BCUT2D eigenvalue weighted by Gasteiger charge is 2.18. The molecule has 2 rings (SSSR count). The number of hydrogen-bond acceptors (Lipinski definition) is 3. The zero-order chi connectivity index (χ0) is 12.3. The van der Waals surface area contributed by atoms with Crippen molar-refractivity contribution < 1.29 is 0 Å². The van der Waals surface area contributed by atoms with E-state index < -0.39 is 0 Å². The minimum atomic E-state index is 0.819. The van der Waals surface area contributed by atoms with Crippen LogP contribution in [0.4, 0.5) is 11.5 Å². The molecular formula is C14H23N3. The minimum Gasteiger partial charge on any atom is -0.396 e. The number of nitrogens with two attached hydrogens (primary N) is 1. The van der Waals surface area contributed by atoms with Crippen molar-refractivity contribution in [1.29, 1.82) is 0 Å². The fourth-order valence-corrected chi connectivity index (χ4v) is 2.63. The Bertz CT molecular complexity index is 376. The summed E-state index contributed by atoms with van der Waals surface area (Å²) in [7, 11) is 0. The van der Waals surface area contributed by atoms with E-state index in [1.54, 1.807) is 0 Å². The van der Waals surface area contributed by atoms with Crippen LogP contribution in [0.3, 0.4) is 0 Å². The molecule has 2 heterocycles. The molecule has 1 aliphatic rings. The smallest absolute Gasteiger partial charge is 0.151 e. The van der Waals surface area contributed by atoms with Crippen LogP contribution in [-0.2, 0) is 0 Å². The van der Waals surface area contributed by atoms with Gasteiger partial charge in [0.05, 0.1) is 5.69 Å². The molecule has 0 bridgehead atoms. The zero-order valence-electron chi connectivity index (χ0n) is 10.9. The third kappa shape index (κ3) is 2.90. The Morgan fingerprint density at radius 3 is 2.94 bits per heavy atom. The highest BCUT2D eigenvalue weighted by atomic mass is 15.2. The molecule has 1 saturated heterocycles. The van der Waals surface area contributed by atoms with Crippen LogP contribution in [0, 0.1) is 12.8 Å². The van der Waals surface area contributed by atoms with Gasteiger partial charge in [0, 0.05) is 19.3 Å². The first-order valence-corrected chi connectivity index (χ1v) is 6.67. The molecule has 94 valence electrons. The quantitative estimate of drug-likeness (QED) is 0.854. The summed E-state index contributed by atoms with van der Waals surface area (Å²) in [6.45, 7) is 6.51. The molecule has 0 aromatic carbocycles.